The minimum absolute atomic E-state index is 0.0785. The average Bonchev–Trinajstić information content (AvgIpc) is 3.82. The molecule has 0 unspecified atom stereocenters. The number of rotatable bonds is 10. The first-order valence-corrected chi connectivity index (χ1v) is 19.7. The largest absolute Gasteiger partial charge is 0.471 e. The lowest BCUT2D eigenvalue weighted by Gasteiger charge is -2.33. The van der Waals surface area contributed by atoms with E-state index in [-0.39, 0.29) is 60.3 Å². The Morgan fingerprint density at radius 1 is 0.642 bits per heavy atom. The molecule has 16 nitrogen and oxygen atoms in total. The van der Waals surface area contributed by atoms with Crippen LogP contribution in [0.4, 0.5) is 64.9 Å². The fraction of sp³-hybridized carbons (Fsp3) is 0.317. The highest BCUT2D eigenvalue weighted by atomic mass is 19.4. The number of ether oxygens (including phenoxy) is 2. The number of benzene rings is 2. The van der Waals surface area contributed by atoms with Gasteiger partial charge in [0.1, 0.15) is 23.3 Å². The van der Waals surface area contributed by atoms with E-state index in [4.69, 9.17) is 9.47 Å². The number of nitrogens with one attached hydrogen (secondary N) is 1. The van der Waals surface area contributed by atoms with Gasteiger partial charge in [0.15, 0.2) is 5.78 Å². The van der Waals surface area contributed by atoms with Crippen molar-refractivity contribution in [3.05, 3.63) is 119 Å². The molecule has 2 aliphatic heterocycles. The Morgan fingerprint density at radius 3 is 1.54 bits per heavy atom. The molecule has 0 bridgehead atoms. The van der Waals surface area contributed by atoms with Gasteiger partial charge >= 0.3 is 36.2 Å². The van der Waals surface area contributed by atoms with Crippen molar-refractivity contribution in [1.82, 2.24) is 35.3 Å². The molecule has 5 amide bonds. The fourth-order valence-corrected chi connectivity index (χ4v) is 6.23. The fourth-order valence-electron chi connectivity index (χ4n) is 6.23. The average molecular weight is 956 g/mol. The number of aromatic nitrogens is 4. The number of anilines is 2. The second-order valence-electron chi connectivity index (χ2n) is 14.2. The van der Waals surface area contributed by atoms with Crippen LogP contribution in [-0.2, 0) is 33.5 Å². The molecule has 356 valence electrons. The third kappa shape index (κ3) is 13.0. The van der Waals surface area contributed by atoms with Crippen LogP contribution in [0.1, 0.15) is 27.6 Å². The van der Waals surface area contributed by atoms with Gasteiger partial charge in [-0.15, -0.1) is 10.2 Å². The van der Waals surface area contributed by atoms with Crippen molar-refractivity contribution in [2.45, 2.75) is 25.4 Å². The summed E-state index contributed by atoms with van der Waals surface area (Å²) < 4.78 is 146. The summed E-state index contributed by atoms with van der Waals surface area (Å²) in [4.78, 5) is 62.3. The number of carbonyl (C=O) groups is 4. The Balaban J connectivity index is 0.000000221. The van der Waals surface area contributed by atoms with Crippen molar-refractivity contribution in [3.8, 4) is 11.5 Å². The van der Waals surface area contributed by atoms with Gasteiger partial charge in [0.2, 0.25) is 5.89 Å². The molecule has 2 fully saturated rings. The highest BCUT2D eigenvalue weighted by Crippen LogP contribution is 2.31. The number of nitrogens with zero attached hydrogens (tertiary/aromatic N) is 8. The van der Waals surface area contributed by atoms with Gasteiger partial charge in [-0.05, 0) is 48.5 Å². The predicted octanol–water partition coefficient (Wildman–Crippen LogP) is 6.57. The Morgan fingerprint density at radius 2 is 1.13 bits per heavy atom. The quantitative estimate of drug-likeness (QED) is 0.118. The molecule has 26 heteroatoms. The number of ketones is 1. The van der Waals surface area contributed by atoms with Gasteiger partial charge in [0, 0.05) is 56.3 Å². The van der Waals surface area contributed by atoms with Crippen molar-refractivity contribution >= 4 is 35.1 Å². The molecular formula is C41H35F10N9O7. The molecule has 2 saturated heterocycles. The topological polar surface area (TPSA) is 176 Å². The lowest BCUT2D eigenvalue weighted by atomic mass is 10.1. The Hall–Kier alpha value is -7.22. The maximum Gasteiger partial charge on any atom is 0.471 e. The number of urea groups is 2. The first-order chi connectivity index (χ1) is 31.8. The molecule has 2 aliphatic rings. The van der Waals surface area contributed by atoms with E-state index in [9.17, 15) is 63.1 Å². The van der Waals surface area contributed by atoms with E-state index in [2.05, 4.69) is 24.6 Å². The summed E-state index contributed by atoms with van der Waals surface area (Å²) in [7, 11) is 0. The maximum atomic E-state index is 14.5. The van der Waals surface area contributed by atoms with E-state index in [0.29, 0.717) is 57.3 Å². The van der Waals surface area contributed by atoms with Gasteiger partial charge in [-0.1, -0.05) is 0 Å². The number of pyridine rings is 2. The van der Waals surface area contributed by atoms with E-state index in [0.717, 1.165) is 40.3 Å². The van der Waals surface area contributed by atoms with Crippen molar-refractivity contribution in [2.75, 3.05) is 69.0 Å². The lowest BCUT2D eigenvalue weighted by Crippen LogP contribution is -2.48. The monoisotopic (exact) mass is 955 g/mol. The zero-order valence-corrected chi connectivity index (χ0v) is 34.4. The number of hydrogen-bond acceptors (Lipinski definition) is 11. The second kappa shape index (κ2) is 21.4. The molecule has 67 heavy (non-hydrogen) atoms. The molecule has 2 aromatic carbocycles. The van der Waals surface area contributed by atoms with Gasteiger partial charge in [0.25, 0.3) is 0 Å². The Labute approximate surface area is 372 Å². The zero-order chi connectivity index (χ0) is 48.5. The predicted molar refractivity (Wildman–Crippen MR) is 211 cm³/mol. The van der Waals surface area contributed by atoms with Crippen LogP contribution in [0, 0.1) is 23.3 Å². The first-order valence-electron chi connectivity index (χ1n) is 19.7. The van der Waals surface area contributed by atoms with Crippen LogP contribution in [-0.4, -0.2) is 119 Å². The van der Waals surface area contributed by atoms with E-state index >= 15 is 0 Å². The summed E-state index contributed by atoms with van der Waals surface area (Å²) in [5.41, 5.74) is 0.229. The summed E-state index contributed by atoms with van der Waals surface area (Å²) in [6, 6.07) is 9.90. The number of Topliss-reactive ketones (excluding diaryl/α,β-unsaturated/α-hetero) is 1. The van der Waals surface area contributed by atoms with Crippen LogP contribution in [0.3, 0.4) is 0 Å². The summed E-state index contributed by atoms with van der Waals surface area (Å²) in [5, 5.41) is 7.78. The second-order valence-corrected chi connectivity index (χ2v) is 14.2. The first kappa shape index (κ1) is 49.2. The van der Waals surface area contributed by atoms with Crippen LogP contribution in [0.5, 0.6) is 0 Å². The van der Waals surface area contributed by atoms with E-state index in [1.54, 1.807) is 0 Å². The normalized spacial score (nSPS) is 14.2. The maximum absolute atomic E-state index is 14.5. The Kier molecular flexibility index (Phi) is 15.7. The van der Waals surface area contributed by atoms with Crippen LogP contribution < -0.4 is 15.1 Å². The van der Waals surface area contributed by atoms with Gasteiger partial charge in [-0.2, -0.15) is 26.3 Å². The number of alkyl halides is 6. The van der Waals surface area contributed by atoms with Gasteiger partial charge in [0.05, 0.1) is 74.4 Å². The summed E-state index contributed by atoms with van der Waals surface area (Å²) in [6.45, 7) is 1.05. The van der Waals surface area contributed by atoms with Gasteiger partial charge in [-0.25, -0.2) is 27.2 Å². The summed E-state index contributed by atoms with van der Waals surface area (Å²) in [5.74, 6) is -8.45. The molecule has 1 N–H and O–H groups in total. The molecule has 0 spiro atoms. The molecular weight excluding hydrogens is 920 g/mol. The molecule has 3 aromatic heterocycles. The molecule has 0 saturated carbocycles. The van der Waals surface area contributed by atoms with Crippen molar-refractivity contribution in [2.24, 2.45) is 0 Å². The molecule has 5 aromatic rings. The van der Waals surface area contributed by atoms with Crippen molar-refractivity contribution < 1.29 is 77.0 Å². The smallest absolute Gasteiger partial charge is 0.413 e. The number of morpholine rings is 2. The van der Waals surface area contributed by atoms with Crippen LogP contribution in [0.25, 0.3) is 11.5 Å². The van der Waals surface area contributed by atoms with Crippen molar-refractivity contribution in [3.63, 3.8) is 0 Å². The SMILES string of the molecule is O=C(CNC(=O)C(F)(F)F)c1ccc(CN(C(=O)N2CCOCC2)c2ccc(F)cc2F)nc1.O=C(N1CCOCC1)N(Cc1ccc(-c2nnc(C(F)(F)F)o2)cn1)c1ccc(F)cc1F. The molecule has 0 atom stereocenters. The van der Waals surface area contributed by atoms with Gasteiger partial charge < -0.3 is 29.0 Å². The highest BCUT2D eigenvalue weighted by Gasteiger charge is 2.39. The molecule has 5 heterocycles. The number of hydrogen-bond donors (Lipinski definition) is 1. The van der Waals surface area contributed by atoms with E-state index in [1.807, 2.05) is 0 Å². The zero-order valence-electron chi connectivity index (χ0n) is 34.4. The standard InChI is InChI=1S/C21H19F5N4O4.C20H16F5N5O3/c22-14-2-4-17(16(23)9-14)30(20(33)29-5-7-34-8-6-29)12-15-3-1-13(10-27-15)18(31)11-28-19(32)21(24,25)26;21-13-2-4-16(15(22)9-13)30(19(31)29-5-7-32-8-6-29)11-14-3-1-12(10-26-14)17-27-28-18(33-17)20(23,24)25/h1-4,9-10H,5-8,11-12H2,(H,28,32);1-4,9-10H,5-8,11H2. The van der Waals surface area contributed by atoms with Crippen molar-refractivity contribution in [1.29, 1.82) is 0 Å². The Bertz CT molecular complexity index is 2530. The van der Waals surface area contributed by atoms with E-state index < -0.39 is 71.8 Å². The molecule has 0 radical (unpaired) electrons. The summed E-state index contributed by atoms with van der Waals surface area (Å²) >= 11 is 0. The third-order valence-corrected chi connectivity index (χ3v) is 9.62. The van der Waals surface area contributed by atoms with Crippen LogP contribution in [0.2, 0.25) is 0 Å². The molecule has 0 aliphatic carbocycles. The number of carbonyl (C=O) groups excluding carboxylic acids is 4. The number of halogens is 10. The minimum Gasteiger partial charge on any atom is -0.413 e. The third-order valence-electron chi connectivity index (χ3n) is 9.62. The lowest BCUT2D eigenvalue weighted by molar-refractivity contribution is -0.173. The van der Waals surface area contributed by atoms with Crippen LogP contribution >= 0.6 is 0 Å². The van der Waals surface area contributed by atoms with Gasteiger partial charge in [-0.3, -0.25) is 29.4 Å². The highest BCUT2D eigenvalue weighted by molar-refractivity contribution is 5.99. The van der Waals surface area contributed by atoms with Crippen LogP contribution in [0.15, 0.2) is 77.5 Å². The summed E-state index contributed by atoms with van der Waals surface area (Å²) in [6.07, 6.45) is -7.63. The number of amides is 5. The van der Waals surface area contributed by atoms with E-state index in [1.165, 1.54) is 45.6 Å². The molecule has 7 rings (SSSR count). The minimum atomic E-state index is -5.12.